The monoisotopic (exact) mass is 315 g/mol. The van der Waals surface area contributed by atoms with Gasteiger partial charge in [-0.3, -0.25) is 9.69 Å². The van der Waals surface area contributed by atoms with E-state index in [-0.39, 0.29) is 17.8 Å². The summed E-state index contributed by atoms with van der Waals surface area (Å²) in [4.78, 5) is 14.5. The first-order chi connectivity index (χ1) is 11.0. The van der Waals surface area contributed by atoms with Gasteiger partial charge in [-0.2, -0.15) is 0 Å². The van der Waals surface area contributed by atoms with Crippen LogP contribution in [0, 0.1) is 12.7 Å². The summed E-state index contributed by atoms with van der Waals surface area (Å²) in [6.07, 6.45) is 4.17. The maximum atomic E-state index is 13.6. The Morgan fingerprint density at radius 3 is 2.91 bits per heavy atom. The highest BCUT2D eigenvalue weighted by Crippen LogP contribution is 2.31. The third kappa shape index (κ3) is 3.45. The van der Waals surface area contributed by atoms with Gasteiger partial charge in [-0.15, -0.1) is 0 Å². The molecule has 1 N–H and O–H groups in total. The summed E-state index contributed by atoms with van der Waals surface area (Å²) in [5, 5.41) is 2.79. The van der Waals surface area contributed by atoms with Gasteiger partial charge in [-0.05, 0) is 56.1 Å². The van der Waals surface area contributed by atoms with Crippen molar-refractivity contribution in [1.29, 1.82) is 0 Å². The molecule has 1 aromatic heterocycles. The number of amides is 1. The van der Waals surface area contributed by atoms with Crippen molar-refractivity contribution in [2.75, 3.05) is 18.4 Å². The van der Waals surface area contributed by atoms with Gasteiger partial charge in [0.15, 0.2) is 0 Å². The number of aromatic nitrogens is 1. The van der Waals surface area contributed by atoms with Crippen molar-refractivity contribution < 1.29 is 9.18 Å². The topological polar surface area (TPSA) is 37.3 Å². The maximum Gasteiger partial charge on any atom is 0.238 e. The molecule has 0 unspecified atom stereocenters. The molecule has 1 aliphatic heterocycles. The molecule has 2 heterocycles. The highest BCUT2D eigenvalue weighted by atomic mass is 19.1. The number of carbonyl (C=O) groups is 1. The molecule has 0 radical (unpaired) electrons. The molecule has 1 atom stereocenters. The first-order valence-corrected chi connectivity index (χ1v) is 7.96. The second-order valence-corrected chi connectivity index (χ2v) is 6.18. The van der Waals surface area contributed by atoms with E-state index >= 15 is 0 Å². The second-order valence-electron chi connectivity index (χ2n) is 6.18. The summed E-state index contributed by atoms with van der Waals surface area (Å²) in [6.45, 7) is 2.94. The number of likely N-dealkylation sites (tertiary alicyclic amines) is 1. The lowest BCUT2D eigenvalue weighted by Gasteiger charge is -2.24. The summed E-state index contributed by atoms with van der Waals surface area (Å²) in [6, 6.07) is 9.18. The first kappa shape index (κ1) is 15.7. The Morgan fingerprint density at radius 1 is 1.39 bits per heavy atom. The Balaban J connectivity index is 1.65. The number of hydrogen-bond donors (Lipinski definition) is 1. The van der Waals surface area contributed by atoms with Crippen LogP contribution in [0.3, 0.4) is 0 Å². The van der Waals surface area contributed by atoms with Gasteiger partial charge in [0.2, 0.25) is 5.91 Å². The number of nitrogens with zero attached hydrogens (tertiary/aromatic N) is 2. The highest BCUT2D eigenvalue weighted by molar-refractivity contribution is 5.92. The van der Waals surface area contributed by atoms with E-state index in [1.165, 1.54) is 11.8 Å². The van der Waals surface area contributed by atoms with Gasteiger partial charge in [0.25, 0.3) is 0 Å². The number of rotatable bonds is 4. The van der Waals surface area contributed by atoms with Gasteiger partial charge in [0.05, 0.1) is 12.6 Å². The van der Waals surface area contributed by atoms with E-state index in [9.17, 15) is 9.18 Å². The molecule has 1 amide bonds. The molecular formula is C18H22FN3O. The van der Waals surface area contributed by atoms with Crippen LogP contribution in [-0.2, 0) is 11.8 Å². The molecule has 1 saturated heterocycles. The van der Waals surface area contributed by atoms with Gasteiger partial charge in [-0.25, -0.2) is 4.39 Å². The van der Waals surface area contributed by atoms with E-state index < -0.39 is 0 Å². The van der Waals surface area contributed by atoms with Gasteiger partial charge in [0.1, 0.15) is 5.82 Å². The molecule has 3 rings (SSSR count). The Labute approximate surface area is 135 Å². The van der Waals surface area contributed by atoms with Crippen molar-refractivity contribution in [3.8, 4) is 0 Å². The van der Waals surface area contributed by atoms with Crippen LogP contribution in [0.2, 0.25) is 0 Å². The summed E-state index contributed by atoms with van der Waals surface area (Å²) in [5.41, 5.74) is 2.32. The predicted octanol–water partition coefficient (Wildman–Crippen LogP) is 3.25. The third-order valence-electron chi connectivity index (χ3n) is 4.49. The number of benzene rings is 1. The fourth-order valence-corrected chi connectivity index (χ4v) is 3.23. The van der Waals surface area contributed by atoms with Crippen LogP contribution < -0.4 is 5.32 Å². The van der Waals surface area contributed by atoms with E-state index in [0.29, 0.717) is 17.8 Å². The number of nitrogens with one attached hydrogen (secondary N) is 1. The van der Waals surface area contributed by atoms with Crippen molar-refractivity contribution in [1.82, 2.24) is 9.47 Å². The number of halogens is 1. The summed E-state index contributed by atoms with van der Waals surface area (Å²) < 4.78 is 15.7. The van der Waals surface area contributed by atoms with Gasteiger partial charge in [0, 0.05) is 24.6 Å². The van der Waals surface area contributed by atoms with Crippen molar-refractivity contribution >= 4 is 11.6 Å². The minimum Gasteiger partial charge on any atom is -0.353 e. The largest absolute Gasteiger partial charge is 0.353 e. The molecule has 1 fully saturated rings. The number of carbonyl (C=O) groups excluding carboxylic acids is 1. The molecule has 23 heavy (non-hydrogen) atoms. The van der Waals surface area contributed by atoms with Gasteiger partial charge >= 0.3 is 0 Å². The van der Waals surface area contributed by atoms with Gasteiger partial charge in [-0.1, -0.05) is 6.07 Å². The maximum absolute atomic E-state index is 13.6. The summed E-state index contributed by atoms with van der Waals surface area (Å²) >= 11 is 0. The molecular weight excluding hydrogens is 293 g/mol. The molecule has 4 nitrogen and oxygen atoms in total. The number of aryl methyl sites for hydroxylation is 2. The van der Waals surface area contributed by atoms with Crippen LogP contribution in [0.25, 0.3) is 0 Å². The fraction of sp³-hybridized carbons (Fsp3) is 0.389. The minimum absolute atomic E-state index is 0.102. The molecule has 1 aliphatic rings. The Hall–Kier alpha value is -2.14. The van der Waals surface area contributed by atoms with Crippen LogP contribution in [0.15, 0.2) is 36.5 Å². The Kier molecular flexibility index (Phi) is 4.48. The summed E-state index contributed by atoms with van der Waals surface area (Å²) in [5.74, 6) is -0.403. The van der Waals surface area contributed by atoms with E-state index in [1.54, 1.807) is 19.1 Å². The molecule has 0 bridgehead atoms. The fourth-order valence-electron chi connectivity index (χ4n) is 3.23. The molecule has 0 saturated carbocycles. The molecule has 0 spiro atoms. The smallest absolute Gasteiger partial charge is 0.238 e. The lowest BCUT2D eigenvalue weighted by Crippen LogP contribution is -2.33. The molecule has 0 aliphatic carbocycles. The first-order valence-electron chi connectivity index (χ1n) is 7.96. The van der Waals surface area contributed by atoms with Crippen LogP contribution in [0.4, 0.5) is 10.1 Å². The van der Waals surface area contributed by atoms with E-state index in [0.717, 1.165) is 19.4 Å². The lowest BCUT2D eigenvalue weighted by atomic mass is 10.1. The van der Waals surface area contributed by atoms with Crippen molar-refractivity contribution in [2.45, 2.75) is 25.8 Å². The summed E-state index contributed by atoms with van der Waals surface area (Å²) in [7, 11) is 2.03. The quantitative estimate of drug-likeness (QED) is 0.940. The molecule has 2 aromatic rings. The molecule has 122 valence electrons. The SMILES string of the molecule is Cc1ccc(NC(=O)CN2CCC[C@H]2c2cccn2C)cc1F. The van der Waals surface area contributed by atoms with E-state index in [4.69, 9.17) is 0 Å². The van der Waals surface area contributed by atoms with Gasteiger partial charge < -0.3 is 9.88 Å². The third-order valence-corrected chi connectivity index (χ3v) is 4.49. The standard InChI is InChI=1S/C18H22FN3O/c1-13-7-8-14(11-15(13)19)20-18(23)12-22-10-4-6-17(22)16-5-3-9-21(16)2/h3,5,7-9,11,17H,4,6,10,12H2,1-2H3,(H,20,23)/t17-/m0/s1. The molecule has 1 aromatic carbocycles. The van der Waals surface area contributed by atoms with E-state index in [2.05, 4.69) is 20.9 Å². The lowest BCUT2D eigenvalue weighted by molar-refractivity contribution is -0.117. The van der Waals surface area contributed by atoms with Crippen molar-refractivity contribution in [2.24, 2.45) is 7.05 Å². The Morgan fingerprint density at radius 2 is 2.22 bits per heavy atom. The van der Waals surface area contributed by atoms with Crippen LogP contribution >= 0.6 is 0 Å². The second kappa shape index (κ2) is 6.54. The zero-order chi connectivity index (χ0) is 16.4. The zero-order valence-corrected chi connectivity index (χ0v) is 13.6. The van der Waals surface area contributed by atoms with E-state index in [1.807, 2.05) is 19.3 Å². The van der Waals surface area contributed by atoms with Crippen LogP contribution in [-0.4, -0.2) is 28.5 Å². The number of anilines is 1. The number of hydrogen-bond acceptors (Lipinski definition) is 2. The van der Waals surface area contributed by atoms with Crippen molar-refractivity contribution in [3.63, 3.8) is 0 Å². The van der Waals surface area contributed by atoms with Crippen molar-refractivity contribution in [3.05, 3.63) is 53.6 Å². The van der Waals surface area contributed by atoms with Crippen LogP contribution in [0.1, 0.15) is 30.1 Å². The predicted molar refractivity (Wildman–Crippen MR) is 88.7 cm³/mol. The normalized spacial score (nSPS) is 18.3. The molecule has 5 heteroatoms. The zero-order valence-electron chi connectivity index (χ0n) is 13.6. The average molecular weight is 315 g/mol. The highest BCUT2D eigenvalue weighted by Gasteiger charge is 2.28. The minimum atomic E-state index is -0.300. The Bertz CT molecular complexity index is 710. The van der Waals surface area contributed by atoms with Crippen LogP contribution in [0.5, 0.6) is 0 Å². The average Bonchev–Trinajstić information content (AvgIpc) is 3.11.